The van der Waals surface area contributed by atoms with Gasteiger partial charge in [-0.1, -0.05) is 19.1 Å². The van der Waals surface area contributed by atoms with Gasteiger partial charge in [0.15, 0.2) is 5.96 Å². The van der Waals surface area contributed by atoms with Crippen LogP contribution in [0.3, 0.4) is 0 Å². The summed E-state index contributed by atoms with van der Waals surface area (Å²) in [7, 11) is 1.68. The molecule has 0 aliphatic carbocycles. The number of rotatable bonds is 5. The molecule has 0 heterocycles. The first-order valence-corrected chi connectivity index (χ1v) is 7.01. The average Bonchev–Trinajstić information content (AvgIpc) is 2.35. The van der Waals surface area contributed by atoms with Crippen LogP contribution in [-0.4, -0.2) is 25.2 Å². The zero-order valence-electron chi connectivity index (χ0n) is 13.2. The van der Waals surface area contributed by atoms with E-state index in [1.54, 1.807) is 7.11 Å². The third-order valence-corrected chi connectivity index (χ3v) is 2.82. The molecule has 1 aromatic rings. The molecule has 0 bridgehead atoms. The molecule has 0 aliphatic rings. The second kappa shape index (κ2) is 7.17. The zero-order valence-corrected chi connectivity index (χ0v) is 13.2. The lowest BCUT2D eigenvalue weighted by Gasteiger charge is -2.21. The van der Waals surface area contributed by atoms with Gasteiger partial charge in [-0.3, -0.25) is 4.99 Å². The summed E-state index contributed by atoms with van der Waals surface area (Å²) in [6.45, 7) is 9.10. The first-order valence-electron chi connectivity index (χ1n) is 7.01. The van der Waals surface area contributed by atoms with Crippen LogP contribution in [0, 0.1) is 5.92 Å². The van der Waals surface area contributed by atoms with Gasteiger partial charge in [-0.15, -0.1) is 0 Å². The van der Waals surface area contributed by atoms with E-state index < -0.39 is 0 Å². The molecule has 0 fully saturated rings. The quantitative estimate of drug-likeness (QED) is 0.642. The predicted molar refractivity (Wildman–Crippen MR) is 85.2 cm³/mol. The van der Waals surface area contributed by atoms with Crippen molar-refractivity contribution in [1.82, 2.24) is 5.32 Å². The van der Waals surface area contributed by atoms with Crippen LogP contribution in [0.15, 0.2) is 29.3 Å². The van der Waals surface area contributed by atoms with Crippen molar-refractivity contribution in [2.24, 2.45) is 16.6 Å². The fourth-order valence-corrected chi connectivity index (χ4v) is 1.91. The van der Waals surface area contributed by atoms with Gasteiger partial charge in [0.1, 0.15) is 5.75 Å². The summed E-state index contributed by atoms with van der Waals surface area (Å²) < 4.78 is 5.15. The second-order valence-electron chi connectivity index (χ2n) is 6.26. The Hall–Kier alpha value is -1.71. The van der Waals surface area contributed by atoms with Crippen molar-refractivity contribution in [3.05, 3.63) is 29.8 Å². The molecule has 112 valence electrons. The summed E-state index contributed by atoms with van der Waals surface area (Å²) in [5, 5.41) is 3.16. The van der Waals surface area contributed by atoms with Crippen molar-refractivity contribution in [3.8, 4) is 5.75 Å². The SMILES string of the molecule is COc1ccc(CC(C)CN=C(N)NC(C)(C)C)cc1. The molecule has 0 aromatic heterocycles. The second-order valence-corrected chi connectivity index (χ2v) is 6.26. The maximum absolute atomic E-state index is 5.86. The van der Waals surface area contributed by atoms with Crippen molar-refractivity contribution in [1.29, 1.82) is 0 Å². The Labute approximate surface area is 122 Å². The molecule has 3 N–H and O–H groups in total. The first kappa shape index (κ1) is 16.3. The number of ether oxygens (including phenoxy) is 1. The van der Waals surface area contributed by atoms with Gasteiger partial charge in [0, 0.05) is 12.1 Å². The van der Waals surface area contributed by atoms with E-state index in [1.165, 1.54) is 5.56 Å². The third kappa shape index (κ3) is 6.45. The first-order chi connectivity index (χ1) is 9.30. The van der Waals surface area contributed by atoms with Crippen LogP contribution < -0.4 is 15.8 Å². The maximum Gasteiger partial charge on any atom is 0.188 e. The molecule has 20 heavy (non-hydrogen) atoms. The molecule has 4 heteroatoms. The Bertz CT molecular complexity index is 432. The minimum atomic E-state index is -0.0488. The Morgan fingerprint density at radius 2 is 1.90 bits per heavy atom. The van der Waals surface area contributed by atoms with Crippen molar-refractivity contribution in [2.45, 2.75) is 39.7 Å². The molecule has 1 unspecified atom stereocenters. The molecule has 4 nitrogen and oxygen atoms in total. The lowest BCUT2D eigenvalue weighted by Crippen LogP contribution is -2.45. The van der Waals surface area contributed by atoms with E-state index in [9.17, 15) is 0 Å². The van der Waals surface area contributed by atoms with Gasteiger partial charge in [0.2, 0.25) is 0 Å². The highest BCUT2D eigenvalue weighted by Gasteiger charge is 2.10. The summed E-state index contributed by atoms with van der Waals surface area (Å²) in [5.74, 6) is 1.85. The fourth-order valence-electron chi connectivity index (χ4n) is 1.91. The fraction of sp³-hybridized carbons (Fsp3) is 0.562. The summed E-state index contributed by atoms with van der Waals surface area (Å²) in [4.78, 5) is 4.40. The largest absolute Gasteiger partial charge is 0.497 e. The number of nitrogens with one attached hydrogen (secondary N) is 1. The zero-order chi connectivity index (χ0) is 15.2. The molecule has 1 rings (SSSR count). The summed E-state index contributed by atoms with van der Waals surface area (Å²) >= 11 is 0. The monoisotopic (exact) mass is 277 g/mol. The Kier molecular flexibility index (Phi) is 5.86. The number of methoxy groups -OCH3 is 1. The summed E-state index contributed by atoms with van der Waals surface area (Å²) in [6, 6.07) is 8.16. The molecule has 0 amide bonds. The van der Waals surface area contributed by atoms with E-state index in [1.807, 2.05) is 12.1 Å². The number of nitrogens with two attached hydrogens (primary N) is 1. The summed E-state index contributed by atoms with van der Waals surface area (Å²) in [5.41, 5.74) is 7.10. The number of benzene rings is 1. The van der Waals surface area contributed by atoms with E-state index in [-0.39, 0.29) is 5.54 Å². The van der Waals surface area contributed by atoms with Gasteiger partial charge in [-0.05, 0) is 50.8 Å². The van der Waals surface area contributed by atoms with Gasteiger partial charge in [0.25, 0.3) is 0 Å². The lowest BCUT2D eigenvalue weighted by atomic mass is 10.0. The van der Waals surface area contributed by atoms with Crippen LogP contribution in [0.5, 0.6) is 5.75 Å². The van der Waals surface area contributed by atoms with Crippen molar-refractivity contribution >= 4 is 5.96 Å². The number of nitrogens with zero attached hydrogens (tertiary/aromatic N) is 1. The van der Waals surface area contributed by atoms with Crippen molar-refractivity contribution in [2.75, 3.05) is 13.7 Å². The van der Waals surface area contributed by atoms with Gasteiger partial charge in [0.05, 0.1) is 7.11 Å². The highest BCUT2D eigenvalue weighted by molar-refractivity contribution is 5.78. The Morgan fingerprint density at radius 3 is 2.40 bits per heavy atom. The normalized spacial score (nSPS) is 13.9. The third-order valence-electron chi connectivity index (χ3n) is 2.82. The van der Waals surface area contributed by atoms with Crippen LogP contribution >= 0.6 is 0 Å². The van der Waals surface area contributed by atoms with Crippen LogP contribution in [-0.2, 0) is 6.42 Å². The highest BCUT2D eigenvalue weighted by atomic mass is 16.5. The Balaban J connectivity index is 2.46. The van der Waals surface area contributed by atoms with E-state index in [2.05, 4.69) is 50.1 Å². The molecular weight excluding hydrogens is 250 g/mol. The molecule has 0 saturated heterocycles. The molecule has 1 aromatic carbocycles. The smallest absolute Gasteiger partial charge is 0.188 e. The molecule has 0 saturated carbocycles. The van der Waals surface area contributed by atoms with Crippen LogP contribution in [0.25, 0.3) is 0 Å². The van der Waals surface area contributed by atoms with Gasteiger partial charge < -0.3 is 15.8 Å². The summed E-state index contributed by atoms with van der Waals surface area (Å²) in [6.07, 6.45) is 0.982. The minimum Gasteiger partial charge on any atom is -0.497 e. The number of guanidine groups is 1. The average molecular weight is 277 g/mol. The van der Waals surface area contributed by atoms with E-state index in [0.29, 0.717) is 11.9 Å². The molecule has 1 atom stereocenters. The topological polar surface area (TPSA) is 59.6 Å². The van der Waals surface area contributed by atoms with Crippen LogP contribution in [0.1, 0.15) is 33.3 Å². The van der Waals surface area contributed by atoms with Gasteiger partial charge in [-0.2, -0.15) is 0 Å². The predicted octanol–water partition coefficient (Wildman–Crippen LogP) is 2.58. The molecular formula is C16H27N3O. The van der Waals surface area contributed by atoms with Crippen LogP contribution in [0.2, 0.25) is 0 Å². The van der Waals surface area contributed by atoms with Crippen molar-refractivity contribution < 1.29 is 4.74 Å². The minimum absolute atomic E-state index is 0.0488. The number of hydrogen-bond donors (Lipinski definition) is 2. The van der Waals surface area contributed by atoms with E-state index in [4.69, 9.17) is 10.5 Å². The van der Waals surface area contributed by atoms with E-state index >= 15 is 0 Å². The number of aliphatic imine (C=N–C) groups is 1. The highest BCUT2D eigenvalue weighted by Crippen LogP contribution is 2.14. The van der Waals surface area contributed by atoms with Crippen LogP contribution in [0.4, 0.5) is 0 Å². The van der Waals surface area contributed by atoms with Gasteiger partial charge in [-0.25, -0.2) is 0 Å². The van der Waals surface area contributed by atoms with Crippen molar-refractivity contribution in [3.63, 3.8) is 0 Å². The van der Waals surface area contributed by atoms with E-state index in [0.717, 1.165) is 18.7 Å². The standard InChI is InChI=1S/C16H27N3O/c1-12(11-18-15(17)19-16(2,3)4)10-13-6-8-14(20-5)9-7-13/h6-9,12H,10-11H2,1-5H3,(H3,17,18,19). The van der Waals surface area contributed by atoms with Gasteiger partial charge >= 0.3 is 0 Å². The molecule has 0 radical (unpaired) electrons. The molecule has 0 aliphatic heterocycles. The lowest BCUT2D eigenvalue weighted by molar-refractivity contribution is 0.414. The Morgan fingerprint density at radius 1 is 1.30 bits per heavy atom. The number of hydrogen-bond acceptors (Lipinski definition) is 2. The molecule has 0 spiro atoms. The maximum atomic E-state index is 5.86.